The number of nitrogens with zero attached hydrogens (tertiary/aromatic N) is 1. The van der Waals surface area contributed by atoms with Gasteiger partial charge in [0.05, 0.1) is 39.9 Å². The van der Waals surface area contributed by atoms with E-state index in [1.54, 1.807) is 0 Å². The number of carbonyl (C=O) groups excluding carboxylic acids is 1. The van der Waals surface area contributed by atoms with E-state index in [1.165, 1.54) is 109 Å². The van der Waals surface area contributed by atoms with Crippen molar-refractivity contribution in [1.82, 2.24) is 5.32 Å². The number of aliphatic hydroxyl groups excluding tert-OH is 3. The Balaban J connectivity index is 4.60. The number of amides is 1. The number of phosphoric acid groups is 1. The van der Waals surface area contributed by atoms with E-state index in [4.69, 9.17) is 9.05 Å². The molecule has 10 nitrogen and oxygen atoms in total. The van der Waals surface area contributed by atoms with Gasteiger partial charge in [0.1, 0.15) is 25.4 Å². The van der Waals surface area contributed by atoms with Crippen LogP contribution in [-0.4, -0.2) is 95.9 Å². The fraction of sp³-hybridized carbons (Fsp3) is 0.976. The van der Waals surface area contributed by atoms with Crippen LogP contribution in [0.4, 0.5) is 0 Å². The summed E-state index contributed by atoms with van der Waals surface area (Å²) in [6.07, 6.45) is 26.7. The molecule has 0 rings (SSSR count). The molecule has 0 aromatic carbocycles. The summed E-state index contributed by atoms with van der Waals surface area (Å²) in [5.41, 5.74) is 0. The van der Waals surface area contributed by atoms with Crippen molar-refractivity contribution in [3.8, 4) is 0 Å². The maximum atomic E-state index is 13.0. The molecule has 0 saturated carbocycles. The first-order valence-corrected chi connectivity index (χ1v) is 23.4. The summed E-state index contributed by atoms with van der Waals surface area (Å²) >= 11 is 0. The maximum absolute atomic E-state index is 13.0. The summed E-state index contributed by atoms with van der Waals surface area (Å²) in [5, 5.41) is 35.0. The normalized spacial score (nSPS) is 15.7. The van der Waals surface area contributed by atoms with E-state index in [9.17, 15) is 29.6 Å². The SMILES string of the molecule is CCCCCCCCCCCCCCCCCCC(O)C(=O)N[C@@H](COP(=O)(O)OCC[N+](C)(C)C)[C@H](O)[C@H](O)CCCCCCCCCCC(C)C. The highest BCUT2D eigenvalue weighted by atomic mass is 31.2. The van der Waals surface area contributed by atoms with E-state index >= 15 is 0 Å². The minimum Gasteiger partial charge on any atom is -0.390 e. The Morgan fingerprint density at radius 2 is 1.02 bits per heavy atom. The average Bonchev–Trinajstić information content (AvgIpc) is 3.09. The summed E-state index contributed by atoms with van der Waals surface area (Å²) in [7, 11) is 1.30. The molecule has 0 aromatic rings. The van der Waals surface area contributed by atoms with Gasteiger partial charge in [0.2, 0.25) is 5.91 Å². The second-order valence-corrected chi connectivity index (χ2v) is 18.6. The number of aliphatic hydroxyl groups is 3. The second kappa shape index (κ2) is 33.5. The molecule has 0 aliphatic carbocycles. The highest BCUT2D eigenvalue weighted by Gasteiger charge is 2.33. The van der Waals surface area contributed by atoms with Gasteiger partial charge in [-0.2, -0.15) is 0 Å². The molecule has 2 unspecified atom stereocenters. The smallest absolute Gasteiger partial charge is 0.390 e. The van der Waals surface area contributed by atoms with Crippen LogP contribution in [-0.2, 0) is 18.4 Å². The zero-order valence-electron chi connectivity index (χ0n) is 35.4. The molecule has 0 aromatic heterocycles. The summed E-state index contributed by atoms with van der Waals surface area (Å²) in [5.74, 6) is 0.0621. The zero-order chi connectivity index (χ0) is 39.8. The lowest BCUT2D eigenvalue weighted by molar-refractivity contribution is -0.870. The Labute approximate surface area is 326 Å². The largest absolute Gasteiger partial charge is 0.472 e. The summed E-state index contributed by atoms with van der Waals surface area (Å²) in [4.78, 5) is 23.2. The van der Waals surface area contributed by atoms with Gasteiger partial charge in [-0.15, -0.1) is 0 Å². The lowest BCUT2D eigenvalue weighted by atomic mass is 9.99. The van der Waals surface area contributed by atoms with Crippen molar-refractivity contribution in [2.75, 3.05) is 40.9 Å². The van der Waals surface area contributed by atoms with Gasteiger partial charge < -0.3 is 30.0 Å². The highest BCUT2D eigenvalue weighted by molar-refractivity contribution is 7.47. The fourth-order valence-corrected chi connectivity index (χ4v) is 7.30. The molecule has 53 heavy (non-hydrogen) atoms. The van der Waals surface area contributed by atoms with Crippen molar-refractivity contribution in [1.29, 1.82) is 0 Å². The van der Waals surface area contributed by atoms with Gasteiger partial charge in [0.15, 0.2) is 0 Å². The minimum absolute atomic E-state index is 0.0184. The minimum atomic E-state index is -4.48. The number of rotatable bonds is 39. The fourth-order valence-electron chi connectivity index (χ4n) is 6.57. The van der Waals surface area contributed by atoms with Crippen LogP contribution in [0.15, 0.2) is 0 Å². The molecule has 1 amide bonds. The third-order valence-corrected chi connectivity index (χ3v) is 11.2. The molecule has 0 aliphatic heterocycles. The molecule has 0 spiro atoms. The van der Waals surface area contributed by atoms with Gasteiger partial charge >= 0.3 is 7.82 Å². The Morgan fingerprint density at radius 1 is 0.623 bits per heavy atom. The molecule has 0 fully saturated rings. The standard InChI is InChI=1S/C42H87N2O8P/c1-7-8-9-10-11-12-13-14-15-16-17-18-19-24-27-30-33-40(46)42(48)43-38(36-52-53(49,50)51-35-34-44(4,5)6)41(47)39(45)32-29-26-23-21-20-22-25-28-31-37(2)3/h37-41,45-47H,7-36H2,1-6H3,(H-,43,48,49,50)/p+1/t38-,39+,40?,41-/m0/s1. The summed E-state index contributed by atoms with van der Waals surface area (Å²) < 4.78 is 23.4. The van der Waals surface area contributed by atoms with Crippen molar-refractivity contribution < 1.29 is 43.1 Å². The first-order chi connectivity index (χ1) is 25.2. The molecule has 0 aliphatic rings. The van der Waals surface area contributed by atoms with Gasteiger partial charge in [-0.05, 0) is 18.8 Å². The van der Waals surface area contributed by atoms with Crippen molar-refractivity contribution in [3.05, 3.63) is 0 Å². The highest BCUT2D eigenvalue weighted by Crippen LogP contribution is 2.43. The van der Waals surface area contributed by atoms with Gasteiger partial charge in [0, 0.05) is 0 Å². The molecular weight excluding hydrogens is 691 g/mol. The molecule has 0 bridgehead atoms. The van der Waals surface area contributed by atoms with Crippen LogP contribution < -0.4 is 5.32 Å². The van der Waals surface area contributed by atoms with Crippen LogP contribution in [0.5, 0.6) is 0 Å². The first kappa shape index (κ1) is 52.4. The number of nitrogens with one attached hydrogen (secondary N) is 1. The third kappa shape index (κ3) is 34.4. The van der Waals surface area contributed by atoms with E-state index in [-0.39, 0.29) is 13.0 Å². The summed E-state index contributed by atoms with van der Waals surface area (Å²) in [6, 6.07) is -1.20. The van der Waals surface area contributed by atoms with Gasteiger partial charge in [0.25, 0.3) is 0 Å². The Hall–Kier alpha value is -0.580. The van der Waals surface area contributed by atoms with E-state index in [0.717, 1.165) is 44.4 Å². The van der Waals surface area contributed by atoms with Crippen LogP contribution in [0.25, 0.3) is 0 Å². The van der Waals surface area contributed by atoms with Crippen LogP contribution in [0, 0.1) is 5.92 Å². The van der Waals surface area contributed by atoms with E-state index in [1.807, 2.05) is 21.1 Å². The van der Waals surface area contributed by atoms with Crippen molar-refractivity contribution in [2.24, 2.45) is 5.92 Å². The third-order valence-electron chi connectivity index (χ3n) is 10.2. The molecule has 11 heteroatoms. The summed E-state index contributed by atoms with van der Waals surface area (Å²) in [6.45, 7) is 6.68. The second-order valence-electron chi connectivity index (χ2n) is 17.2. The van der Waals surface area contributed by atoms with Crippen molar-refractivity contribution in [2.45, 2.75) is 218 Å². The predicted octanol–water partition coefficient (Wildman–Crippen LogP) is 9.60. The quantitative estimate of drug-likeness (QED) is 0.0236. The van der Waals surface area contributed by atoms with E-state index < -0.39 is 44.7 Å². The van der Waals surface area contributed by atoms with Gasteiger partial charge in [-0.1, -0.05) is 181 Å². The lowest BCUT2D eigenvalue weighted by Gasteiger charge is -2.29. The van der Waals surface area contributed by atoms with Crippen LogP contribution in [0.2, 0.25) is 0 Å². The Kier molecular flexibility index (Phi) is 33.2. The molecular formula is C42H88N2O8P+. The molecule has 5 N–H and O–H groups in total. The average molecular weight is 780 g/mol. The van der Waals surface area contributed by atoms with E-state index in [2.05, 4.69) is 26.1 Å². The predicted molar refractivity (Wildman–Crippen MR) is 220 cm³/mol. The number of quaternary nitrogens is 1. The number of carbonyl (C=O) groups is 1. The molecule has 0 heterocycles. The topological polar surface area (TPSA) is 146 Å². The van der Waals surface area contributed by atoms with Crippen LogP contribution in [0.1, 0.15) is 194 Å². The number of phosphoric ester groups is 1. The Bertz CT molecular complexity index is 888. The first-order valence-electron chi connectivity index (χ1n) is 22.0. The van der Waals surface area contributed by atoms with Gasteiger partial charge in [-0.25, -0.2) is 4.57 Å². The lowest BCUT2D eigenvalue weighted by Crippen LogP contribution is -2.53. The molecule has 318 valence electrons. The number of hydrogen-bond donors (Lipinski definition) is 5. The molecule has 0 saturated heterocycles. The number of unbranched alkanes of at least 4 members (excludes halogenated alkanes) is 22. The number of likely N-dealkylation sites (N-methyl/N-ethyl adjacent to an activating group) is 1. The molecule has 0 radical (unpaired) electrons. The molecule has 5 atom stereocenters. The van der Waals surface area contributed by atoms with Crippen LogP contribution in [0.3, 0.4) is 0 Å². The van der Waals surface area contributed by atoms with Crippen LogP contribution >= 0.6 is 7.82 Å². The number of hydrogen-bond acceptors (Lipinski definition) is 7. The Morgan fingerprint density at radius 3 is 1.43 bits per heavy atom. The van der Waals surface area contributed by atoms with E-state index in [0.29, 0.717) is 30.3 Å². The van der Waals surface area contributed by atoms with Gasteiger partial charge in [-0.3, -0.25) is 13.8 Å². The van der Waals surface area contributed by atoms with Crippen molar-refractivity contribution in [3.63, 3.8) is 0 Å². The maximum Gasteiger partial charge on any atom is 0.472 e. The zero-order valence-corrected chi connectivity index (χ0v) is 36.3. The monoisotopic (exact) mass is 780 g/mol. The van der Waals surface area contributed by atoms with Crippen molar-refractivity contribution >= 4 is 13.7 Å².